The number of anilines is 1. The molecule has 0 aliphatic carbocycles. The normalized spacial score (nSPS) is 21.1. The maximum Gasteiger partial charge on any atom is 0.211 e. The fourth-order valence-electron chi connectivity index (χ4n) is 2.15. The second-order valence-corrected chi connectivity index (χ2v) is 7.26. The van der Waals surface area contributed by atoms with E-state index in [-0.39, 0.29) is 6.04 Å². The molecule has 0 amide bonds. The van der Waals surface area contributed by atoms with Crippen molar-refractivity contribution in [3.8, 4) is 0 Å². The average molecular weight is 334 g/mol. The van der Waals surface area contributed by atoms with E-state index >= 15 is 0 Å². The fourth-order valence-corrected chi connectivity index (χ4v) is 3.57. The van der Waals surface area contributed by atoms with Gasteiger partial charge < -0.3 is 5.32 Å². The summed E-state index contributed by atoms with van der Waals surface area (Å²) in [6.45, 7) is 1.22. The maximum absolute atomic E-state index is 11.6. The lowest BCUT2D eigenvalue weighted by Gasteiger charge is -2.22. The molecule has 1 aromatic heterocycles. The van der Waals surface area contributed by atoms with Crippen LogP contribution in [0.5, 0.6) is 0 Å². The van der Waals surface area contributed by atoms with Crippen LogP contribution in [-0.2, 0) is 10.0 Å². The minimum Gasteiger partial charge on any atom is -0.368 e. The molecule has 1 aromatic rings. The van der Waals surface area contributed by atoms with Crippen LogP contribution in [0.2, 0.25) is 0 Å². The van der Waals surface area contributed by atoms with Crippen LogP contribution in [0.3, 0.4) is 0 Å². The highest BCUT2D eigenvalue weighted by atomic mass is 79.9. The number of sulfonamides is 1. The Hall–Kier alpha value is -0.660. The second-order valence-electron chi connectivity index (χ2n) is 4.41. The molecule has 0 saturated carbocycles. The minimum absolute atomic E-state index is 0.0328. The Bertz CT molecular complexity index is 504. The molecule has 1 aliphatic heterocycles. The monoisotopic (exact) mass is 333 g/mol. The van der Waals surface area contributed by atoms with Crippen LogP contribution in [0, 0.1) is 0 Å². The van der Waals surface area contributed by atoms with Crippen LogP contribution in [-0.4, -0.2) is 43.1 Å². The largest absolute Gasteiger partial charge is 0.368 e. The molecule has 2 rings (SSSR count). The van der Waals surface area contributed by atoms with E-state index in [1.165, 1.54) is 6.26 Å². The number of hydrogen-bond acceptors (Lipinski definition) is 4. The van der Waals surface area contributed by atoms with Gasteiger partial charge in [-0.2, -0.15) is 4.31 Å². The lowest BCUT2D eigenvalue weighted by atomic mass is 10.2. The standard InChI is InChI=1S/C11H16BrN3O2S/c1-18(16,17)15-6-2-3-10(15)8-14-11-5-4-9(12)7-13-11/h4-5,7,10H,2-3,6,8H2,1H3,(H,13,14)/t10-/m1/s1. The van der Waals surface area contributed by atoms with Crippen LogP contribution in [0.1, 0.15) is 12.8 Å². The second kappa shape index (κ2) is 5.54. The highest BCUT2D eigenvalue weighted by Gasteiger charge is 2.30. The predicted octanol–water partition coefficient (Wildman–Crippen LogP) is 1.68. The average Bonchev–Trinajstić information content (AvgIpc) is 2.76. The van der Waals surface area contributed by atoms with Gasteiger partial charge in [-0.25, -0.2) is 13.4 Å². The molecule has 0 spiro atoms. The number of nitrogens with zero attached hydrogens (tertiary/aromatic N) is 2. The quantitative estimate of drug-likeness (QED) is 0.910. The third kappa shape index (κ3) is 3.43. The number of aromatic nitrogens is 1. The van der Waals surface area contributed by atoms with Gasteiger partial charge in [-0.1, -0.05) is 0 Å². The zero-order chi connectivity index (χ0) is 13.2. The summed E-state index contributed by atoms with van der Waals surface area (Å²) in [5.41, 5.74) is 0. The van der Waals surface area contributed by atoms with Crippen LogP contribution >= 0.6 is 15.9 Å². The van der Waals surface area contributed by atoms with Crippen molar-refractivity contribution in [2.45, 2.75) is 18.9 Å². The first-order valence-corrected chi connectivity index (χ1v) is 8.43. The summed E-state index contributed by atoms with van der Waals surface area (Å²) in [5.74, 6) is 0.763. The summed E-state index contributed by atoms with van der Waals surface area (Å²) in [4.78, 5) is 4.20. The predicted molar refractivity (Wildman–Crippen MR) is 75.0 cm³/mol. The van der Waals surface area contributed by atoms with Gasteiger partial charge in [-0.05, 0) is 40.9 Å². The lowest BCUT2D eigenvalue weighted by molar-refractivity contribution is 0.402. The minimum atomic E-state index is -3.10. The summed E-state index contributed by atoms with van der Waals surface area (Å²) in [6, 6.07) is 3.80. The van der Waals surface area contributed by atoms with Gasteiger partial charge in [0.15, 0.2) is 0 Å². The first-order chi connectivity index (χ1) is 8.47. The van der Waals surface area contributed by atoms with Gasteiger partial charge >= 0.3 is 0 Å². The van der Waals surface area contributed by atoms with Crippen LogP contribution in [0.15, 0.2) is 22.8 Å². The molecular weight excluding hydrogens is 318 g/mol. The number of hydrogen-bond donors (Lipinski definition) is 1. The van der Waals surface area contributed by atoms with Gasteiger partial charge in [0, 0.05) is 29.8 Å². The highest BCUT2D eigenvalue weighted by molar-refractivity contribution is 9.10. The van der Waals surface area contributed by atoms with Gasteiger partial charge in [0.25, 0.3) is 0 Å². The van der Waals surface area contributed by atoms with Gasteiger partial charge in [-0.15, -0.1) is 0 Å². The molecule has 2 heterocycles. The van der Waals surface area contributed by atoms with Crippen molar-refractivity contribution in [3.63, 3.8) is 0 Å². The molecule has 1 aliphatic rings. The van der Waals surface area contributed by atoms with Crippen molar-refractivity contribution >= 4 is 31.8 Å². The van der Waals surface area contributed by atoms with Crippen LogP contribution in [0.25, 0.3) is 0 Å². The Labute approximate surface area is 116 Å². The van der Waals surface area contributed by atoms with Gasteiger partial charge in [-0.3, -0.25) is 0 Å². The molecule has 5 nitrogen and oxygen atoms in total. The van der Waals surface area contributed by atoms with E-state index in [0.29, 0.717) is 13.1 Å². The Kier molecular flexibility index (Phi) is 4.24. The summed E-state index contributed by atoms with van der Waals surface area (Å²) in [6.07, 6.45) is 4.80. The summed E-state index contributed by atoms with van der Waals surface area (Å²) < 4.78 is 25.6. The number of rotatable bonds is 4. The molecule has 0 radical (unpaired) electrons. The van der Waals surface area contributed by atoms with Crippen molar-refractivity contribution in [3.05, 3.63) is 22.8 Å². The Morgan fingerprint density at radius 3 is 2.94 bits per heavy atom. The molecule has 1 atom stereocenters. The number of halogens is 1. The van der Waals surface area contributed by atoms with Crippen molar-refractivity contribution in [2.24, 2.45) is 0 Å². The summed E-state index contributed by atoms with van der Waals surface area (Å²) in [7, 11) is -3.10. The van der Waals surface area contributed by atoms with Crippen LogP contribution in [0.4, 0.5) is 5.82 Å². The Balaban J connectivity index is 1.96. The molecule has 1 fully saturated rings. The van der Waals surface area contributed by atoms with Gasteiger partial charge in [0.05, 0.1) is 6.26 Å². The van der Waals surface area contributed by atoms with E-state index in [4.69, 9.17) is 0 Å². The molecule has 7 heteroatoms. The van der Waals surface area contributed by atoms with E-state index in [1.807, 2.05) is 12.1 Å². The zero-order valence-corrected chi connectivity index (χ0v) is 12.5. The summed E-state index contributed by atoms with van der Waals surface area (Å²) >= 11 is 3.32. The van der Waals surface area contributed by atoms with Gasteiger partial charge in [0.2, 0.25) is 10.0 Å². The van der Waals surface area contributed by atoms with Crippen molar-refractivity contribution < 1.29 is 8.42 Å². The Morgan fingerprint density at radius 1 is 1.56 bits per heavy atom. The molecule has 100 valence electrons. The topological polar surface area (TPSA) is 62.3 Å². The lowest BCUT2D eigenvalue weighted by Crippen LogP contribution is -2.38. The number of nitrogens with one attached hydrogen (secondary N) is 1. The fraction of sp³-hybridized carbons (Fsp3) is 0.545. The zero-order valence-electron chi connectivity index (χ0n) is 10.1. The first-order valence-electron chi connectivity index (χ1n) is 5.79. The van der Waals surface area contributed by atoms with E-state index in [1.54, 1.807) is 10.5 Å². The van der Waals surface area contributed by atoms with Crippen molar-refractivity contribution in [2.75, 3.05) is 24.7 Å². The van der Waals surface area contributed by atoms with Crippen molar-refractivity contribution in [1.82, 2.24) is 9.29 Å². The smallest absolute Gasteiger partial charge is 0.211 e. The SMILES string of the molecule is CS(=O)(=O)N1CCC[C@@H]1CNc1ccc(Br)cn1. The molecule has 1 N–H and O–H groups in total. The van der Waals surface area contributed by atoms with E-state index in [9.17, 15) is 8.42 Å². The Morgan fingerprint density at radius 2 is 2.33 bits per heavy atom. The molecule has 0 aromatic carbocycles. The van der Waals surface area contributed by atoms with E-state index in [2.05, 4.69) is 26.2 Å². The summed E-state index contributed by atoms with van der Waals surface area (Å²) in [5, 5.41) is 3.18. The first kappa shape index (κ1) is 13.8. The molecule has 0 bridgehead atoms. The number of pyridine rings is 1. The molecule has 0 unspecified atom stereocenters. The molecular formula is C11H16BrN3O2S. The molecule has 1 saturated heterocycles. The van der Waals surface area contributed by atoms with Crippen LogP contribution < -0.4 is 5.32 Å². The maximum atomic E-state index is 11.6. The van der Waals surface area contributed by atoms with Crippen molar-refractivity contribution in [1.29, 1.82) is 0 Å². The van der Waals surface area contributed by atoms with E-state index in [0.717, 1.165) is 23.1 Å². The third-order valence-electron chi connectivity index (χ3n) is 3.00. The van der Waals surface area contributed by atoms with E-state index < -0.39 is 10.0 Å². The highest BCUT2D eigenvalue weighted by Crippen LogP contribution is 2.20. The molecule has 18 heavy (non-hydrogen) atoms. The van der Waals surface area contributed by atoms with Gasteiger partial charge in [0.1, 0.15) is 5.82 Å². The third-order valence-corrected chi connectivity index (χ3v) is 4.80.